The Bertz CT molecular complexity index is 173. The van der Waals surface area contributed by atoms with Crippen LogP contribution >= 0.6 is 0 Å². The second-order valence-corrected chi connectivity index (χ2v) is 4.28. The van der Waals surface area contributed by atoms with Crippen molar-refractivity contribution in [2.45, 2.75) is 44.6 Å². The summed E-state index contributed by atoms with van der Waals surface area (Å²) in [6, 6.07) is 0.551. The van der Waals surface area contributed by atoms with Crippen LogP contribution in [0.2, 0.25) is 0 Å². The number of nitrogens with one attached hydrogen (secondary N) is 1. The van der Waals surface area contributed by atoms with Crippen LogP contribution in [0.4, 0.5) is 0 Å². The standard InChI is InChI=1S/C11H23NO3/c1-8(11(14-2)15-3)12-10-6-4-5-9(10)7-13/h8-13H,4-7H2,1-3H3. The lowest BCUT2D eigenvalue weighted by molar-refractivity contribution is -0.121. The van der Waals surface area contributed by atoms with Crippen LogP contribution in [0.1, 0.15) is 26.2 Å². The van der Waals surface area contributed by atoms with Gasteiger partial charge in [0, 0.05) is 26.9 Å². The average Bonchev–Trinajstić information content (AvgIpc) is 2.67. The highest BCUT2D eigenvalue weighted by atomic mass is 16.7. The van der Waals surface area contributed by atoms with Crippen molar-refractivity contribution in [3.05, 3.63) is 0 Å². The third kappa shape index (κ3) is 3.41. The van der Waals surface area contributed by atoms with Crippen LogP contribution in [0.15, 0.2) is 0 Å². The molecule has 0 aliphatic heterocycles. The predicted octanol–water partition coefficient (Wildman–Crippen LogP) is 0.744. The molecule has 0 aromatic carbocycles. The summed E-state index contributed by atoms with van der Waals surface area (Å²) < 4.78 is 10.4. The van der Waals surface area contributed by atoms with E-state index in [-0.39, 0.29) is 18.9 Å². The summed E-state index contributed by atoms with van der Waals surface area (Å²) in [6.45, 7) is 2.32. The van der Waals surface area contributed by atoms with Crippen molar-refractivity contribution in [2.24, 2.45) is 5.92 Å². The Labute approximate surface area is 92.0 Å². The van der Waals surface area contributed by atoms with Crippen LogP contribution in [-0.2, 0) is 9.47 Å². The summed E-state index contributed by atoms with van der Waals surface area (Å²) in [4.78, 5) is 0. The fourth-order valence-electron chi connectivity index (χ4n) is 2.40. The molecule has 2 N–H and O–H groups in total. The Kier molecular flexibility index (Phi) is 5.53. The zero-order valence-electron chi connectivity index (χ0n) is 9.90. The lowest BCUT2D eigenvalue weighted by Gasteiger charge is -2.28. The zero-order valence-corrected chi connectivity index (χ0v) is 9.90. The molecule has 90 valence electrons. The Morgan fingerprint density at radius 2 is 2.00 bits per heavy atom. The van der Waals surface area contributed by atoms with E-state index in [0.29, 0.717) is 12.0 Å². The first kappa shape index (κ1) is 12.9. The minimum absolute atomic E-state index is 0.150. The van der Waals surface area contributed by atoms with Gasteiger partial charge in [0.25, 0.3) is 0 Å². The number of hydrogen-bond acceptors (Lipinski definition) is 4. The number of rotatable bonds is 6. The second kappa shape index (κ2) is 6.43. The molecule has 0 aromatic rings. The SMILES string of the molecule is COC(OC)C(C)NC1CCCC1CO. The van der Waals surface area contributed by atoms with Crippen molar-refractivity contribution in [3.63, 3.8) is 0 Å². The van der Waals surface area contributed by atoms with Crippen LogP contribution in [-0.4, -0.2) is 44.3 Å². The summed E-state index contributed by atoms with van der Waals surface area (Å²) >= 11 is 0. The topological polar surface area (TPSA) is 50.7 Å². The van der Waals surface area contributed by atoms with Gasteiger partial charge in [0.15, 0.2) is 6.29 Å². The lowest BCUT2D eigenvalue weighted by atomic mass is 10.0. The highest BCUT2D eigenvalue weighted by molar-refractivity contribution is 4.85. The van der Waals surface area contributed by atoms with E-state index in [0.717, 1.165) is 12.8 Å². The lowest BCUT2D eigenvalue weighted by Crippen LogP contribution is -2.47. The Morgan fingerprint density at radius 3 is 2.53 bits per heavy atom. The first-order valence-electron chi connectivity index (χ1n) is 5.65. The average molecular weight is 217 g/mol. The monoisotopic (exact) mass is 217 g/mol. The van der Waals surface area contributed by atoms with E-state index in [4.69, 9.17) is 9.47 Å². The van der Waals surface area contributed by atoms with E-state index in [1.807, 2.05) is 6.92 Å². The molecule has 1 rings (SSSR count). The molecular formula is C11H23NO3. The summed E-state index contributed by atoms with van der Waals surface area (Å²) in [5.41, 5.74) is 0. The Hall–Kier alpha value is -0.160. The van der Waals surface area contributed by atoms with E-state index in [9.17, 15) is 5.11 Å². The minimum Gasteiger partial charge on any atom is -0.396 e. The molecule has 4 heteroatoms. The zero-order chi connectivity index (χ0) is 11.3. The van der Waals surface area contributed by atoms with Crippen molar-refractivity contribution in [3.8, 4) is 0 Å². The summed E-state index contributed by atoms with van der Waals surface area (Å²) in [5.74, 6) is 0.391. The minimum atomic E-state index is -0.218. The van der Waals surface area contributed by atoms with Gasteiger partial charge in [0.05, 0.1) is 6.04 Å². The van der Waals surface area contributed by atoms with Gasteiger partial charge in [-0.05, 0) is 25.7 Å². The molecule has 1 saturated carbocycles. The van der Waals surface area contributed by atoms with Gasteiger partial charge >= 0.3 is 0 Å². The van der Waals surface area contributed by atoms with Gasteiger partial charge in [0.2, 0.25) is 0 Å². The largest absolute Gasteiger partial charge is 0.396 e. The normalized spacial score (nSPS) is 28.6. The summed E-state index contributed by atoms with van der Waals surface area (Å²) in [7, 11) is 3.29. The Balaban J connectivity index is 2.39. The van der Waals surface area contributed by atoms with Gasteiger partial charge in [-0.1, -0.05) is 6.42 Å². The molecule has 0 bridgehead atoms. The van der Waals surface area contributed by atoms with Gasteiger partial charge in [-0.15, -0.1) is 0 Å². The number of aliphatic hydroxyl groups is 1. The van der Waals surface area contributed by atoms with Crippen LogP contribution in [0, 0.1) is 5.92 Å². The van der Waals surface area contributed by atoms with E-state index in [2.05, 4.69) is 5.32 Å². The van der Waals surface area contributed by atoms with Gasteiger partial charge < -0.3 is 19.9 Å². The van der Waals surface area contributed by atoms with E-state index >= 15 is 0 Å². The van der Waals surface area contributed by atoms with Crippen LogP contribution in [0.3, 0.4) is 0 Å². The molecule has 15 heavy (non-hydrogen) atoms. The molecule has 0 amide bonds. The maximum absolute atomic E-state index is 9.20. The number of methoxy groups -OCH3 is 2. The molecule has 1 fully saturated rings. The fraction of sp³-hybridized carbons (Fsp3) is 1.00. The first-order valence-corrected chi connectivity index (χ1v) is 5.65. The van der Waals surface area contributed by atoms with E-state index in [1.54, 1.807) is 14.2 Å². The molecule has 4 nitrogen and oxygen atoms in total. The van der Waals surface area contributed by atoms with Crippen LogP contribution in [0.5, 0.6) is 0 Å². The van der Waals surface area contributed by atoms with Crippen LogP contribution < -0.4 is 5.32 Å². The van der Waals surface area contributed by atoms with Crippen molar-refractivity contribution in [1.82, 2.24) is 5.32 Å². The predicted molar refractivity (Wildman–Crippen MR) is 58.6 cm³/mol. The molecule has 1 aliphatic carbocycles. The molecule has 0 heterocycles. The summed E-state index contributed by atoms with van der Waals surface area (Å²) in [6.07, 6.45) is 3.23. The van der Waals surface area contributed by atoms with Crippen molar-refractivity contribution in [1.29, 1.82) is 0 Å². The quantitative estimate of drug-likeness (QED) is 0.644. The molecule has 0 radical (unpaired) electrons. The van der Waals surface area contributed by atoms with Crippen molar-refractivity contribution >= 4 is 0 Å². The highest BCUT2D eigenvalue weighted by Gasteiger charge is 2.29. The van der Waals surface area contributed by atoms with Gasteiger partial charge in [0.1, 0.15) is 0 Å². The summed E-state index contributed by atoms with van der Waals surface area (Å²) in [5, 5.41) is 12.7. The van der Waals surface area contributed by atoms with Gasteiger partial charge in [-0.25, -0.2) is 0 Å². The first-order chi connectivity index (χ1) is 7.22. The number of aliphatic hydroxyl groups excluding tert-OH is 1. The van der Waals surface area contributed by atoms with E-state index in [1.165, 1.54) is 6.42 Å². The van der Waals surface area contributed by atoms with E-state index < -0.39 is 0 Å². The molecule has 0 aromatic heterocycles. The molecule has 3 unspecified atom stereocenters. The maximum Gasteiger partial charge on any atom is 0.171 e. The molecule has 1 aliphatic rings. The molecule has 0 spiro atoms. The molecule has 3 atom stereocenters. The smallest absolute Gasteiger partial charge is 0.171 e. The maximum atomic E-state index is 9.20. The van der Waals surface area contributed by atoms with Crippen molar-refractivity contribution < 1.29 is 14.6 Å². The second-order valence-electron chi connectivity index (χ2n) is 4.28. The third-order valence-corrected chi connectivity index (χ3v) is 3.24. The molecule has 0 saturated heterocycles. The Morgan fingerprint density at radius 1 is 1.33 bits per heavy atom. The van der Waals surface area contributed by atoms with Crippen molar-refractivity contribution in [2.75, 3.05) is 20.8 Å². The molecular weight excluding hydrogens is 194 g/mol. The number of ether oxygens (including phenoxy) is 2. The third-order valence-electron chi connectivity index (χ3n) is 3.24. The number of hydrogen-bond donors (Lipinski definition) is 2. The van der Waals surface area contributed by atoms with Crippen LogP contribution in [0.25, 0.3) is 0 Å². The van der Waals surface area contributed by atoms with Gasteiger partial charge in [-0.3, -0.25) is 0 Å². The highest BCUT2D eigenvalue weighted by Crippen LogP contribution is 2.25. The fourth-order valence-corrected chi connectivity index (χ4v) is 2.40. The van der Waals surface area contributed by atoms with Gasteiger partial charge in [-0.2, -0.15) is 0 Å².